The summed E-state index contributed by atoms with van der Waals surface area (Å²) >= 11 is 0. The lowest BCUT2D eigenvalue weighted by atomic mass is 10.1. The lowest BCUT2D eigenvalue weighted by Gasteiger charge is -2.24. The van der Waals surface area contributed by atoms with E-state index in [9.17, 15) is 4.79 Å². The van der Waals surface area contributed by atoms with Crippen LogP contribution in [0.25, 0.3) is 0 Å². The van der Waals surface area contributed by atoms with Crippen molar-refractivity contribution >= 4 is 5.91 Å². The summed E-state index contributed by atoms with van der Waals surface area (Å²) in [6, 6.07) is 1.10. The Hall–Kier alpha value is -1.36. The molecule has 1 aromatic rings. The molecule has 0 spiro atoms. The molecule has 2 aliphatic rings. The van der Waals surface area contributed by atoms with Crippen molar-refractivity contribution < 1.29 is 4.79 Å². The minimum atomic E-state index is 0.134. The standard InChI is InChI=1S/C13H20N4O/c1-9-12(7-14-16(9)2)13(18)17-6-5-10-3-4-11(8-17)15-10/h7,10-11,15H,3-6,8H2,1-2H3. The summed E-state index contributed by atoms with van der Waals surface area (Å²) in [5.41, 5.74) is 1.69. The van der Waals surface area contributed by atoms with E-state index in [0.717, 1.165) is 30.8 Å². The molecule has 2 unspecified atom stereocenters. The van der Waals surface area contributed by atoms with Crippen LogP contribution in [0.1, 0.15) is 35.3 Å². The fourth-order valence-corrected chi connectivity index (χ4v) is 3.01. The first kappa shape index (κ1) is 11.7. The van der Waals surface area contributed by atoms with Gasteiger partial charge >= 0.3 is 0 Å². The first-order valence-electron chi connectivity index (χ1n) is 6.69. The van der Waals surface area contributed by atoms with Gasteiger partial charge in [0.25, 0.3) is 5.91 Å². The van der Waals surface area contributed by atoms with Gasteiger partial charge in [-0.3, -0.25) is 9.48 Å². The highest BCUT2D eigenvalue weighted by molar-refractivity contribution is 5.95. The molecule has 1 aromatic heterocycles. The molecule has 2 aliphatic heterocycles. The molecule has 0 radical (unpaired) electrons. The van der Waals surface area contributed by atoms with Gasteiger partial charge in [0.15, 0.2) is 0 Å². The van der Waals surface area contributed by atoms with E-state index in [1.54, 1.807) is 10.9 Å². The smallest absolute Gasteiger partial charge is 0.257 e. The van der Waals surface area contributed by atoms with Crippen LogP contribution in [0.5, 0.6) is 0 Å². The molecule has 3 rings (SSSR count). The second-order valence-corrected chi connectivity index (χ2v) is 5.44. The van der Waals surface area contributed by atoms with Crippen molar-refractivity contribution in [3.63, 3.8) is 0 Å². The van der Waals surface area contributed by atoms with E-state index in [2.05, 4.69) is 10.4 Å². The van der Waals surface area contributed by atoms with E-state index >= 15 is 0 Å². The van der Waals surface area contributed by atoms with Crippen molar-refractivity contribution in [1.29, 1.82) is 0 Å². The zero-order valence-corrected chi connectivity index (χ0v) is 11.0. The number of nitrogens with zero attached hydrogens (tertiary/aromatic N) is 3. The van der Waals surface area contributed by atoms with Gasteiger partial charge in [-0.05, 0) is 26.2 Å². The average Bonchev–Trinajstić information content (AvgIpc) is 2.83. The molecule has 2 fully saturated rings. The van der Waals surface area contributed by atoms with Gasteiger partial charge in [-0.2, -0.15) is 5.10 Å². The molecule has 5 nitrogen and oxygen atoms in total. The highest BCUT2D eigenvalue weighted by Gasteiger charge is 2.32. The summed E-state index contributed by atoms with van der Waals surface area (Å²) in [4.78, 5) is 14.5. The Morgan fingerprint density at radius 2 is 2.17 bits per heavy atom. The second kappa shape index (κ2) is 4.39. The second-order valence-electron chi connectivity index (χ2n) is 5.44. The van der Waals surface area contributed by atoms with Crippen molar-refractivity contribution in [2.75, 3.05) is 13.1 Å². The van der Waals surface area contributed by atoms with E-state index < -0.39 is 0 Å². The maximum absolute atomic E-state index is 12.5. The molecule has 2 saturated heterocycles. The van der Waals surface area contributed by atoms with Gasteiger partial charge in [0.05, 0.1) is 11.8 Å². The number of hydrogen-bond acceptors (Lipinski definition) is 3. The van der Waals surface area contributed by atoms with Gasteiger partial charge < -0.3 is 10.2 Å². The monoisotopic (exact) mass is 248 g/mol. The van der Waals surface area contributed by atoms with Gasteiger partial charge in [0.1, 0.15) is 0 Å². The van der Waals surface area contributed by atoms with Gasteiger partial charge in [-0.15, -0.1) is 0 Å². The van der Waals surface area contributed by atoms with Crippen molar-refractivity contribution in [1.82, 2.24) is 20.0 Å². The number of carbonyl (C=O) groups excluding carboxylic acids is 1. The van der Waals surface area contributed by atoms with E-state index in [4.69, 9.17) is 0 Å². The molecule has 2 atom stereocenters. The SMILES string of the molecule is Cc1c(C(=O)N2CCC3CCC(C2)N3)cnn1C. The zero-order chi connectivity index (χ0) is 12.7. The average molecular weight is 248 g/mol. The number of carbonyl (C=O) groups is 1. The molecule has 0 aliphatic carbocycles. The number of hydrogen-bond donors (Lipinski definition) is 1. The van der Waals surface area contributed by atoms with Crippen LogP contribution in [-0.2, 0) is 7.05 Å². The first-order chi connectivity index (χ1) is 8.65. The quantitative estimate of drug-likeness (QED) is 0.795. The van der Waals surface area contributed by atoms with Crippen LogP contribution in [0.3, 0.4) is 0 Å². The fraction of sp³-hybridized carbons (Fsp3) is 0.692. The lowest BCUT2D eigenvalue weighted by molar-refractivity contribution is 0.0747. The van der Waals surface area contributed by atoms with Gasteiger partial charge in [-0.25, -0.2) is 0 Å². The summed E-state index contributed by atoms with van der Waals surface area (Å²) in [7, 11) is 1.87. The minimum absolute atomic E-state index is 0.134. The predicted octanol–water partition coefficient (Wildman–Crippen LogP) is 0.695. The lowest BCUT2D eigenvalue weighted by Crippen LogP contribution is -2.39. The van der Waals surface area contributed by atoms with E-state index in [1.807, 2.05) is 18.9 Å². The van der Waals surface area contributed by atoms with Crippen LogP contribution >= 0.6 is 0 Å². The number of amides is 1. The summed E-state index contributed by atoms with van der Waals surface area (Å²) in [6.07, 6.45) is 5.22. The summed E-state index contributed by atoms with van der Waals surface area (Å²) in [5.74, 6) is 0.134. The van der Waals surface area contributed by atoms with Gasteiger partial charge in [-0.1, -0.05) is 0 Å². The molecular weight excluding hydrogens is 228 g/mol. The number of fused-ring (bicyclic) bond motifs is 2. The third kappa shape index (κ3) is 1.92. The molecule has 98 valence electrons. The van der Waals surface area contributed by atoms with Crippen molar-refractivity contribution in [2.45, 2.75) is 38.3 Å². The number of nitrogens with one attached hydrogen (secondary N) is 1. The molecule has 3 heterocycles. The molecule has 1 N–H and O–H groups in total. The topological polar surface area (TPSA) is 50.2 Å². The maximum Gasteiger partial charge on any atom is 0.257 e. The summed E-state index contributed by atoms with van der Waals surface area (Å²) in [5, 5.41) is 7.75. The Balaban J connectivity index is 1.78. The molecular formula is C13H20N4O. The predicted molar refractivity (Wildman–Crippen MR) is 68.4 cm³/mol. The molecule has 0 saturated carbocycles. The van der Waals surface area contributed by atoms with Crippen LogP contribution < -0.4 is 5.32 Å². The van der Waals surface area contributed by atoms with Crippen LogP contribution in [0.4, 0.5) is 0 Å². The molecule has 5 heteroatoms. The number of likely N-dealkylation sites (tertiary alicyclic amines) is 1. The largest absolute Gasteiger partial charge is 0.337 e. The number of aromatic nitrogens is 2. The summed E-state index contributed by atoms with van der Waals surface area (Å²) < 4.78 is 1.76. The molecule has 18 heavy (non-hydrogen) atoms. The minimum Gasteiger partial charge on any atom is -0.337 e. The van der Waals surface area contributed by atoms with E-state index in [1.165, 1.54) is 12.8 Å². The Morgan fingerprint density at radius 1 is 1.39 bits per heavy atom. The Kier molecular flexibility index (Phi) is 2.86. The normalized spacial score (nSPS) is 27.3. The van der Waals surface area contributed by atoms with Crippen molar-refractivity contribution in [3.05, 3.63) is 17.5 Å². The highest BCUT2D eigenvalue weighted by Crippen LogP contribution is 2.22. The van der Waals surface area contributed by atoms with Crippen molar-refractivity contribution in [2.24, 2.45) is 7.05 Å². The van der Waals surface area contributed by atoms with Crippen LogP contribution in [-0.4, -0.2) is 45.8 Å². The van der Waals surface area contributed by atoms with Gasteiger partial charge in [0.2, 0.25) is 0 Å². The maximum atomic E-state index is 12.5. The number of rotatable bonds is 1. The first-order valence-corrected chi connectivity index (χ1v) is 6.69. The highest BCUT2D eigenvalue weighted by atomic mass is 16.2. The Morgan fingerprint density at radius 3 is 2.89 bits per heavy atom. The van der Waals surface area contributed by atoms with Gasteiger partial charge in [0, 0.05) is 37.9 Å². The van der Waals surface area contributed by atoms with Crippen LogP contribution in [0.2, 0.25) is 0 Å². The fourth-order valence-electron chi connectivity index (χ4n) is 3.01. The zero-order valence-electron chi connectivity index (χ0n) is 11.0. The van der Waals surface area contributed by atoms with Crippen LogP contribution in [0.15, 0.2) is 6.20 Å². The Bertz CT molecular complexity index is 468. The number of aryl methyl sites for hydroxylation is 1. The molecule has 2 bridgehead atoms. The van der Waals surface area contributed by atoms with Crippen LogP contribution in [0, 0.1) is 6.92 Å². The summed E-state index contributed by atoms with van der Waals surface area (Å²) in [6.45, 7) is 3.65. The molecule has 1 amide bonds. The van der Waals surface area contributed by atoms with Crippen molar-refractivity contribution in [3.8, 4) is 0 Å². The molecule has 0 aromatic carbocycles. The Labute approximate surface area is 107 Å². The third-order valence-corrected chi connectivity index (χ3v) is 4.28. The third-order valence-electron chi connectivity index (χ3n) is 4.28. The van der Waals surface area contributed by atoms with E-state index in [0.29, 0.717) is 12.1 Å². The van der Waals surface area contributed by atoms with E-state index in [-0.39, 0.29) is 5.91 Å².